The second kappa shape index (κ2) is 14.1. The van der Waals surface area contributed by atoms with E-state index in [1.54, 1.807) is 0 Å². The summed E-state index contributed by atoms with van der Waals surface area (Å²) in [5, 5.41) is 2.61. The maximum absolute atomic E-state index is 2.49. The van der Waals surface area contributed by atoms with Crippen molar-refractivity contribution in [3.63, 3.8) is 0 Å². The Bertz CT molecular complexity index is 3530. The summed E-state index contributed by atoms with van der Waals surface area (Å²) in [6, 6.07) is 87.7. The van der Waals surface area contributed by atoms with Gasteiger partial charge in [-0.25, -0.2) is 0 Å². The fourth-order valence-corrected chi connectivity index (χ4v) is 12.1. The number of anilines is 3. The smallest absolute Gasteiger partial charge is 0.0725 e. The van der Waals surface area contributed by atoms with E-state index >= 15 is 0 Å². The molecule has 1 nitrogen and oxygen atoms in total. The molecule has 11 aromatic rings. The zero-order chi connectivity index (χ0) is 41.5. The second-order valence-corrected chi connectivity index (χ2v) is 17.8. The van der Waals surface area contributed by atoms with Gasteiger partial charge < -0.3 is 4.90 Å². The number of hydrogen-bond acceptors (Lipinski definition) is 2. The van der Waals surface area contributed by atoms with Gasteiger partial charge in [0.15, 0.2) is 0 Å². The first-order chi connectivity index (χ1) is 31.3. The molecule has 0 bridgehead atoms. The van der Waals surface area contributed by atoms with Crippen molar-refractivity contribution in [1.29, 1.82) is 0 Å². The van der Waals surface area contributed by atoms with E-state index in [1.165, 1.54) is 98.1 Å². The molecule has 0 saturated carbocycles. The molecule has 0 fully saturated rings. The lowest BCUT2D eigenvalue weighted by Gasteiger charge is -2.31. The third-order valence-electron chi connectivity index (χ3n) is 13.5. The van der Waals surface area contributed by atoms with Gasteiger partial charge in [-0.2, -0.15) is 0 Å². The van der Waals surface area contributed by atoms with Crippen molar-refractivity contribution < 1.29 is 0 Å². The van der Waals surface area contributed by atoms with Crippen LogP contribution in [0.4, 0.5) is 17.1 Å². The van der Waals surface area contributed by atoms with Gasteiger partial charge in [0.1, 0.15) is 0 Å². The van der Waals surface area contributed by atoms with Crippen molar-refractivity contribution >= 4 is 48.6 Å². The molecule has 2 aliphatic carbocycles. The number of rotatable bonds is 6. The van der Waals surface area contributed by atoms with Gasteiger partial charge in [-0.3, -0.25) is 0 Å². The van der Waals surface area contributed by atoms with E-state index in [2.05, 4.69) is 241 Å². The fraction of sp³-hybridized carbons (Fsp3) is 0.0164. The summed E-state index contributed by atoms with van der Waals surface area (Å²) >= 11 is 1.87. The SMILES string of the molecule is c1ccc(-c2ccccc2-c2ccc(N(c3ccc4c(c3)-c3ccccc3C43c4ccccc4-c4ccccc43)c3ccccc3-c3cccc4sc5ccccc5c34)cc2)cc1. The molecule has 0 amide bonds. The van der Waals surface area contributed by atoms with Crippen molar-refractivity contribution in [3.8, 4) is 55.6 Å². The summed E-state index contributed by atoms with van der Waals surface area (Å²) in [6.07, 6.45) is 0. The van der Waals surface area contributed by atoms with Crippen LogP contribution in [0.1, 0.15) is 22.3 Å². The first-order valence-electron chi connectivity index (χ1n) is 21.8. The molecule has 1 heterocycles. The van der Waals surface area contributed by atoms with Crippen LogP contribution in [0.15, 0.2) is 237 Å². The molecule has 0 radical (unpaired) electrons. The molecule has 10 aromatic carbocycles. The normalized spacial score (nSPS) is 12.9. The van der Waals surface area contributed by atoms with E-state index in [4.69, 9.17) is 0 Å². The van der Waals surface area contributed by atoms with E-state index in [0.717, 1.165) is 17.1 Å². The zero-order valence-corrected chi connectivity index (χ0v) is 35.2. The molecule has 13 rings (SSSR count). The monoisotopic (exact) mass is 817 g/mol. The maximum Gasteiger partial charge on any atom is 0.0725 e. The molecule has 0 saturated heterocycles. The highest BCUT2D eigenvalue weighted by Crippen LogP contribution is 2.63. The van der Waals surface area contributed by atoms with Crippen molar-refractivity contribution in [1.82, 2.24) is 0 Å². The lowest BCUT2D eigenvalue weighted by molar-refractivity contribution is 0.794. The van der Waals surface area contributed by atoms with Gasteiger partial charge in [-0.15, -0.1) is 11.3 Å². The van der Waals surface area contributed by atoms with Crippen LogP contribution in [0.2, 0.25) is 0 Å². The first-order valence-corrected chi connectivity index (χ1v) is 22.6. The molecule has 0 N–H and O–H groups in total. The van der Waals surface area contributed by atoms with Crippen LogP contribution in [0.25, 0.3) is 75.8 Å². The molecule has 1 spiro atoms. The molecule has 0 aliphatic heterocycles. The Morgan fingerprint density at radius 2 is 0.778 bits per heavy atom. The topological polar surface area (TPSA) is 3.24 Å². The zero-order valence-electron chi connectivity index (χ0n) is 34.4. The number of nitrogens with zero attached hydrogens (tertiary/aromatic N) is 1. The fourth-order valence-electron chi connectivity index (χ4n) is 10.9. The van der Waals surface area contributed by atoms with Crippen molar-refractivity contribution in [2.45, 2.75) is 5.41 Å². The first kappa shape index (κ1) is 35.9. The van der Waals surface area contributed by atoms with Crippen LogP contribution < -0.4 is 4.90 Å². The van der Waals surface area contributed by atoms with Crippen LogP contribution in [0.3, 0.4) is 0 Å². The predicted molar refractivity (Wildman–Crippen MR) is 267 cm³/mol. The Hall–Kier alpha value is -7.78. The summed E-state index contributed by atoms with van der Waals surface area (Å²) in [4.78, 5) is 2.49. The standard InChI is InChI=1S/C61H39NS/c1-2-17-40(18-3-1)44-19-4-5-20-45(44)41-33-35-42(36-34-41)62(57-30-14-9-24-49(57)50-26-16-32-59-60(50)51-25-10-15-31-58(51)63-59)43-37-38-56-52(39-43)48-23-8-13-29-55(48)61(56)53-27-11-6-21-46(53)47-22-7-12-28-54(47)61/h1-39H. The Balaban J connectivity index is 1.04. The quantitative estimate of drug-likeness (QED) is 0.162. The molecular weight excluding hydrogens is 779 g/mol. The van der Waals surface area contributed by atoms with Gasteiger partial charge >= 0.3 is 0 Å². The van der Waals surface area contributed by atoms with Crippen LogP contribution in [-0.4, -0.2) is 0 Å². The summed E-state index contributed by atoms with van der Waals surface area (Å²) in [5.41, 5.74) is 20.8. The van der Waals surface area contributed by atoms with Crippen LogP contribution in [0, 0.1) is 0 Å². The van der Waals surface area contributed by atoms with Gasteiger partial charge in [-0.1, -0.05) is 194 Å². The summed E-state index contributed by atoms with van der Waals surface area (Å²) in [6.45, 7) is 0. The molecule has 63 heavy (non-hydrogen) atoms. The van der Waals surface area contributed by atoms with Crippen molar-refractivity contribution in [2.24, 2.45) is 0 Å². The van der Waals surface area contributed by atoms with Crippen LogP contribution >= 0.6 is 11.3 Å². The maximum atomic E-state index is 2.49. The summed E-state index contributed by atoms with van der Waals surface area (Å²) in [5.74, 6) is 0. The third-order valence-corrected chi connectivity index (χ3v) is 14.7. The Kier molecular flexibility index (Phi) is 8.06. The number of thiophene rings is 1. The second-order valence-electron chi connectivity index (χ2n) is 16.7. The van der Waals surface area contributed by atoms with Gasteiger partial charge in [0.2, 0.25) is 0 Å². The number of benzene rings is 10. The minimum absolute atomic E-state index is 0.399. The number of para-hydroxylation sites is 1. The van der Waals surface area contributed by atoms with E-state index in [-0.39, 0.29) is 0 Å². The number of fused-ring (bicyclic) bond motifs is 13. The van der Waals surface area contributed by atoms with Crippen molar-refractivity contribution in [2.75, 3.05) is 4.90 Å². The largest absolute Gasteiger partial charge is 0.310 e. The molecule has 2 aliphatic rings. The summed E-state index contributed by atoms with van der Waals surface area (Å²) in [7, 11) is 0. The van der Waals surface area contributed by atoms with Gasteiger partial charge in [0.05, 0.1) is 11.1 Å². The van der Waals surface area contributed by atoms with E-state index in [1.807, 2.05) is 11.3 Å². The van der Waals surface area contributed by atoms with Gasteiger partial charge in [0.25, 0.3) is 0 Å². The van der Waals surface area contributed by atoms with Gasteiger partial charge in [-0.05, 0) is 115 Å². The number of hydrogen-bond donors (Lipinski definition) is 0. The van der Waals surface area contributed by atoms with E-state index < -0.39 is 5.41 Å². The minimum atomic E-state index is -0.399. The highest BCUT2D eigenvalue weighted by atomic mass is 32.1. The molecule has 294 valence electrons. The highest BCUT2D eigenvalue weighted by Gasteiger charge is 2.51. The molecule has 0 atom stereocenters. The lowest BCUT2D eigenvalue weighted by atomic mass is 9.70. The van der Waals surface area contributed by atoms with E-state index in [9.17, 15) is 0 Å². The molecule has 0 unspecified atom stereocenters. The molecule has 2 heteroatoms. The van der Waals surface area contributed by atoms with Crippen LogP contribution in [-0.2, 0) is 5.41 Å². The minimum Gasteiger partial charge on any atom is -0.310 e. The van der Waals surface area contributed by atoms with Gasteiger partial charge in [0, 0.05) is 37.1 Å². The summed E-state index contributed by atoms with van der Waals surface area (Å²) < 4.78 is 2.61. The van der Waals surface area contributed by atoms with Crippen molar-refractivity contribution in [3.05, 3.63) is 259 Å². The Morgan fingerprint density at radius 1 is 0.302 bits per heavy atom. The van der Waals surface area contributed by atoms with E-state index in [0.29, 0.717) is 0 Å². The third kappa shape index (κ3) is 5.29. The van der Waals surface area contributed by atoms with Crippen LogP contribution in [0.5, 0.6) is 0 Å². The average molecular weight is 818 g/mol. The lowest BCUT2D eigenvalue weighted by Crippen LogP contribution is -2.25. The highest BCUT2D eigenvalue weighted by molar-refractivity contribution is 7.25. The Morgan fingerprint density at radius 3 is 1.46 bits per heavy atom. The Labute approximate surface area is 371 Å². The predicted octanol–water partition coefficient (Wildman–Crippen LogP) is 16.9. The molecular formula is C61H39NS. The average Bonchev–Trinajstić information content (AvgIpc) is 3.99. The molecule has 1 aromatic heterocycles.